The first-order chi connectivity index (χ1) is 9.60. The Morgan fingerprint density at radius 2 is 2.10 bits per heavy atom. The van der Waals surface area contributed by atoms with Crippen LogP contribution in [0.25, 0.3) is 0 Å². The van der Waals surface area contributed by atoms with Crippen molar-refractivity contribution in [3.05, 3.63) is 18.2 Å². The number of hydrogen-bond donors (Lipinski definition) is 2. The van der Waals surface area contributed by atoms with E-state index in [-0.39, 0.29) is 24.1 Å². The van der Waals surface area contributed by atoms with Crippen molar-refractivity contribution in [3.63, 3.8) is 0 Å². The number of methoxy groups -OCH3 is 2. The third-order valence-corrected chi connectivity index (χ3v) is 3.34. The van der Waals surface area contributed by atoms with Gasteiger partial charge in [-0.1, -0.05) is 5.16 Å². The molecule has 108 valence electrons. The molecule has 1 fully saturated rings. The Labute approximate surface area is 116 Å². The molecule has 20 heavy (non-hydrogen) atoms. The van der Waals surface area contributed by atoms with Gasteiger partial charge < -0.3 is 25.3 Å². The summed E-state index contributed by atoms with van der Waals surface area (Å²) < 4.78 is 10.4. The van der Waals surface area contributed by atoms with Crippen molar-refractivity contribution in [1.29, 1.82) is 0 Å². The molecule has 1 aliphatic heterocycles. The summed E-state index contributed by atoms with van der Waals surface area (Å²) in [6, 6.07) is 5.23. The molecule has 1 saturated heterocycles. The van der Waals surface area contributed by atoms with Gasteiger partial charge in [0, 0.05) is 30.6 Å². The molecular formula is C13H17N3O4. The highest BCUT2D eigenvalue weighted by atomic mass is 16.5. The van der Waals surface area contributed by atoms with Gasteiger partial charge in [-0.15, -0.1) is 0 Å². The lowest BCUT2D eigenvalue weighted by molar-refractivity contribution is -0.117. The molecule has 1 atom stereocenters. The van der Waals surface area contributed by atoms with Gasteiger partial charge in [-0.3, -0.25) is 4.79 Å². The number of carbonyl (C=O) groups is 1. The van der Waals surface area contributed by atoms with Gasteiger partial charge in [-0.05, 0) is 12.1 Å². The maximum Gasteiger partial charge on any atom is 0.227 e. The first kappa shape index (κ1) is 14.0. The van der Waals surface area contributed by atoms with E-state index in [0.29, 0.717) is 23.7 Å². The molecule has 1 unspecified atom stereocenters. The molecule has 1 aliphatic rings. The lowest BCUT2D eigenvalue weighted by Gasteiger charge is -2.18. The van der Waals surface area contributed by atoms with E-state index in [9.17, 15) is 4.79 Å². The Morgan fingerprint density at radius 3 is 2.70 bits per heavy atom. The predicted molar refractivity (Wildman–Crippen MR) is 73.4 cm³/mol. The van der Waals surface area contributed by atoms with Crippen molar-refractivity contribution in [2.24, 2.45) is 16.8 Å². The average Bonchev–Trinajstić information content (AvgIpc) is 2.87. The molecule has 2 rings (SSSR count). The number of rotatable bonds is 4. The minimum absolute atomic E-state index is 0.0707. The fourth-order valence-electron chi connectivity index (χ4n) is 2.23. The van der Waals surface area contributed by atoms with Crippen molar-refractivity contribution < 1.29 is 19.5 Å². The van der Waals surface area contributed by atoms with Crippen LogP contribution in [0.1, 0.15) is 6.42 Å². The van der Waals surface area contributed by atoms with E-state index in [0.717, 1.165) is 0 Å². The van der Waals surface area contributed by atoms with Crippen LogP contribution in [0, 0.1) is 5.92 Å². The summed E-state index contributed by atoms with van der Waals surface area (Å²) in [5.74, 6) is 0.858. The highest BCUT2D eigenvalue weighted by molar-refractivity contribution is 6.01. The first-order valence-corrected chi connectivity index (χ1v) is 6.10. The predicted octanol–water partition coefficient (Wildman–Crippen LogP) is 0.803. The summed E-state index contributed by atoms with van der Waals surface area (Å²) in [5.41, 5.74) is 6.25. The van der Waals surface area contributed by atoms with Gasteiger partial charge in [0.25, 0.3) is 0 Å². The van der Waals surface area contributed by atoms with Crippen molar-refractivity contribution in [3.8, 4) is 11.5 Å². The lowest BCUT2D eigenvalue weighted by Crippen LogP contribution is -2.28. The molecule has 1 heterocycles. The number of amidine groups is 1. The number of oxime groups is 1. The van der Waals surface area contributed by atoms with E-state index in [2.05, 4.69) is 5.16 Å². The van der Waals surface area contributed by atoms with Crippen LogP contribution in [0.3, 0.4) is 0 Å². The van der Waals surface area contributed by atoms with Crippen LogP contribution in [0.4, 0.5) is 5.69 Å². The fourth-order valence-corrected chi connectivity index (χ4v) is 2.23. The smallest absolute Gasteiger partial charge is 0.227 e. The minimum Gasteiger partial charge on any atom is -0.493 e. The van der Waals surface area contributed by atoms with E-state index >= 15 is 0 Å². The lowest BCUT2D eigenvalue weighted by atomic mass is 10.1. The van der Waals surface area contributed by atoms with Gasteiger partial charge in [-0.25, -0.2) is 0 Å². The standard InChI is InChI=1S/C13H17N3O4/c1-19-10-4-3-9(6-11(10)20-2)16-7-8(5-12(16)17)13(14)15-18/h3-4,6,8,18H,5,7H2,1-2H3,(H2,14,15). The molecular weight excluding hydrogens is 262 g/mol. The molecule has 0 bridgehead atoms. The summed E-state index contributed by atoms with van der Waals surface area (Å²) in [5, 5.41) is 11.7. The van der Waals surface area contributed by atoms with Crippen molar-refractivity contribution in [2.45, 2.75) is 6.42 Å². The van der Waals surface area contributed by atoms with E-state index in [1.54, 1.807) is 30.2 Å². The van der Waals surface area contributed by atoms with Crippen LogP contribution in [0.5, 0.6) is 11.5 Å². The van der Waals surface area contributed by atoms with Crippen molar-refractivity contribution in [1.82, 2.24) is 0 Å². The maximum absolute atomic E-state index is 12.0. The largest absolute Gasteiger partial charge is 0.493 e. The van der Waals surface area contributed by atoms with Crippen LogP contribution in [0.2, 0.25) is 0 Å². The Kier molecular flexibility index (Phi) is 3.97. The summed E-state index contributed by atoms with van der Waals surface area (Å²) in [6.45, 7) is 0.379. The number of anilines is 1. The number of benzene rings is 1. The molecule has 1 amide bonds. The van der Waals surface area contributed by atoms with E-state index in [4.69, 9.17) is 20.4 Å². The van der Waals surface area contributed by atoms with E-state index in [1.807, 2.05) is 0 Å². The van der Waals surface area contributed by atoms with Crippen LogP contribution in [-0.2, 0) is 4.79 Å². The van der Waals surface area contributed by atoms with Crippen molar-refractivity contribution >= 4 is 17.4 Å². The quantitative estimate of drug-likeness (QED) is 0.368. The van der Waals surface area contributed by atoms with Gasteiger partial charge >= 0.3 is 0 Å². The third-order valence-electron chi connectivity index (χ3n) is 3.34. The zero-order chi connectivity index (χ0) is 14.7. The second-order valence-corrected chi connectivity index (χ2v) is 4.47. The Hall–Kier alpha value is -2.44. The Balaban J connectivity index is 2.26. The van der Waals surface area contributed by atoms with Crippen molar-refractivity contribution in [2.75, 3.05) is 25.7 Å². The minimum atomic E-state index is -0.277. The topological polar surface area (TPSA) is 97.4 Å². The summed E-state index contributed by atoms with van der Waals surface area (Å²) in [6.07, 6.45) is 0.226. The summed E-state index contributed by atoms with van der Waals surface area (Å²) >= 11 is 0. The molecule has 7 nitrogen and oxygen atoms in total. The molecule has 0 spiro atoms. The van der Waals surface area contributed by atoms with Crippen LogP contribution in [-0.4, -0.2) is 37.7 Å². The number of amides is 1. The number of ether oxygens (including phenoxy) is 2. The monoisotopic (exact) mass is 279 g/mol. The SMILES string of the molecule is COc1ccc(N2CC(C(N)=NO)CC2=O)cc1OC. The second-order valence-electron chi connectivity index (χ2n) is 4.47. The Bertz CT molecular complexity index is 544. The molecule has 0 radical (unpaired) electrons. The van der Waals surface area contributed by atoms with Crippen LogP contribution >= 0.6 is 0 Å². The second kappa shape index (κ2) is 5.68. The van der Waals surface area contributed by atoms with E-state index < -0.39 is 0 Å². The molecule has 3 N–H and O–H groups in total. The Morgan fingerprint density at radius 1 is 1.40 bits per heavy atom. The molecule has 0 aliphatic carbocycles. The number of hydrogen-bond acceptors (Lipinski definition) is 5. The fraction of sp³-hybridized carbons (Fsp3) is 0.385. The summed E-state index contributed by atoms with van der Waals surface area (Å²) in [7, 11) is 3.08. The number of nitrogens with zero attached hydrogens (tertiary/aromatic N) is 2. The van der Waals surface area contributed by atoms with E-state index in [1.165, 1.54) is 7.11 Å². The normalized spacial score (nSPS) is 19.3. The molecule has 1 aromatic carbocycles. The zero-order valence-electron chi connectivity index (χ0n) is 11.4. The third kappa shape index (κ3) is 2.47. The van der Waals surface area contributed by atoms with Gasteiger partial charge in [0.1, 0.15) is 5.84 Å². The summed E-state index contributed by atoms with van der Waals surface area (Å²) in [4.78, 5) is 13.6. The van der Waals surface area contributed by atoms with Gasteiger partial charge in [0.15, 0.2) is 11.5 Å². The first-order valence-electron chi connectivity index (χ1n) is 6.10. The van der Waals surface area contributed by atoms with Crippen LogP contribution in [0.15, 0.2) is 23.4 Å². The van der Waals surface area contributed by atoms with Gasteiger partial charge in [-0.2, -0.15) is 0 Å². The molecule has 0 aromatic heterocycles. The molecule has 1 aromatic rings. The zero-order valence-corrected chi connectivity index (χ0v) is 11.4. The highest BCUT2D eigenvalue weighted by Crippen LogP contribution is 2.34. The van der Waals surface area contributed by atoms with Gasteiger partial charge in [0.05, 0.1) is 14.2 Å². The molecule has 7 heteroatoms. The molecule has 0 saturated carbocycles. The average molecular weight is 279 g/mol. The highest BCUT2D eigenvalue weighted by Gasteiger charge is 2.33. The maximum atomic E-state index is 12.0. The van der Waals surface area contributed by atoms with Crippen LogP contribution < -0.4 is 20.1 Å². The van der Waals surface area contributed by atoms with Gasteiger partial charge in [0.2, 0.25) is 5.91 Å². The number of carbonyl (C=O) groups excluding carboxylic acids is 1. The number of nitrogens with two attached hydrogens (primary N) is 1.